The van der Waals surface area contributed by atoms with Gasteiger partial charge in [-0.05, 0) is 23.8 Å². The third-order valence-corrected chi connectivity index (χ3v) is 4.04. The van der Waals surface area contributed by atoms with Gasteiger partial charge in [0.05, 0.1) is 9.95 Å². The molecule has 2 rings (SSSR count). The fraction of sp³-hybridized carbons (Fsp3) is 0.316. The number of carbonyl (C=O) groups excluding carboxylic acids is 1. The summed E-state index contributed by atoms with van der Waals surface area (Å²) in [6.07, 6.45) is 0. The molecule has 0 aliphatic rings. The second-order valence-electron chi connectivity index (χ2n) is 6.21. The highest BCUT2D eigenvalue weighted by Gasteiger charge is 2.17. The molecule has 0 fully saturated rings. The van der Waals surface area contributed by atoms with Crippen LogP contribution in [0.4, 0.5) is 5.69 Å². The standard InChI is InChI=1S/C19H22ClN3O4/c1-13(2)19(24)22-10-9-21-12-14-7-8-18(16(11-14)23(25)26)27-17-6-4-3-5-15(17)20/h3-8,11,13,21H,9-10,12H2,1-2H3,(H,22,24). The summed E-state index contributed by atoms with van der Waals surface area (Å²) in [6, 6.07) is 11.6. The van der Waals surface area contributed by atoms with Gasteiger partial charge in [-0.25, -0.2) is 0 Å². The molecule has 0 aromatic heterocycles. The monoisotopic (exact) mass is 391 g/mol. The van der Waals surface area contributed by atoms with Gasteiger partial charge in [-0.3, -0.25) is 14.9 Å². The summed E-state index contributed by atoms with van der Waals surface area (Å²) >= 11 is 6.04. The van der Waals surface area contributed by atoms with Crippen LogP contribution in [0.3, 0.4) is 0 Å². The van der Waals surface area contributed by atoms with Crippen molar-refractivity contribution in [1.29, 1.82) is 0 Å². The molecule has 0 bridgehead atoms. The van der Waals surface area contributed by atoms with E-state index in [2.05, 4.69) is 10.6 Å². The second-order valence-corrected chi connectivity index (χ2v) is 6.62. The van der Waals surface area contributed by atoms with Crippen LogP contribution < -0.4 is 15.4 Å². The summed E-state index contributed by atoms with van der Waals surface area (Å²) in [4.78, 5) is 22.4. The number of nitro benzene ring substituents is 1. The molecule has 0 aliphatic carbocycles. The third-order valence-electron chi connectivity index (χ3n) is 3.73. The van der Waals surface area contributed by atoms with E-state index < -0.39 is 4.92 Å². The number of carbonyl (C=O) groups is 1. The molecular formula is C19H22ClN3O4. The maximum Gasteiger partial charge on any atom is 0.311 e. The minimum absolute atomic E-state index is 0.00601. The predicted molar refractivity (Wildman–Crippen MR) is 104 cm³/mol. The average Bonchev–Trinajstić information content (AvgIpc) is 2.63. The largest absolute Gasteiger partial charge is 0.449 e. The van der Waals surface area contributed by atoms with E-state index in [-0.39, 0.29) is 23.3 Å². The number of rotatable bonds is 9. The van der Waals surface area contributed by atoms with Crippen molar-refractivity contribution >= 4 is 23.2 Å². The van der Waals surface area contributed by atoms with Gasteiger partial charge in [0.15, 0.2) is 0 Å². The van der Waals surface area contributed by atoms with Gasteiger partial charge in [-0.15, -0.1) is 0 Å². The van der Waals surface area contributed by atoms with E-state index >= 15 is 0 Å². The maximum atomic E-state index is 11.5. The summed E-state index contributed by atoms with van der Waals surface area (Å²) in [7, 11) is 0. The van der Waals surface area contributed by atoms with Crippen molar-refractivity contribution in [2.24, 2.45) is 5.92 Å². The van der Waals surface area contributed by atoms with Crippen molar-refractivity contribution in [3.63, 3.8) is 0 Å². The lowest BCUT2D eigenvalue weighted by molar-refractivity contribution is -0.385. The normalized spacial score (nSPS) is 10.7. The molecule has 0 saturated carbocycles. The van der Waals surface area contributed by atoms with Gasteiger partial charge in [0.2, 0.25) is 11.7 Å². The van der Waals surface area contributed by atoms with Gasteiger partial charge in [0.25, 0.3) is 0 Å². The van der Waals surface area contributed by atoms with Crippen LogP contribution in [0, 0.1) is 16.0 Å². The van der Waals surface area contributed by atoms with E-state index in [0.717, 1.165) is 5.56 Å². The first-order valence-electron chi connectivity index (χ1n) is 8.56. The molecule has 8 heteroatoms. The van der Waals surface area contributed by atoms with Gasteiger partial charge >= 0.3 is 5.69 Å². The molecule has 0 unspecified atom stereocenters. The van der Waals surface area contributed by atoms with Crippen LogP contribution in [0.1, 0.15) is 19.4 Å². The van der Waals surface area contributed by atoms with E-state index in [1.165, 1.54) is 6.07 Å². The Morgan fingerprint density at radius 2 is 1.93 bits per heavy atom. The number of amides is 1. The van der Waals surface area contributed by atoms with Gasteiger partial charge in [0.1, 0.15) is 5.75 Å². The zero-order chi connectivity index (χ0) is 19.8. The Morgan fingerprint density at radius 3 is 2.59 bits per heavy atom. The number of benzene rings is 2. The quantitative estimate of drug-likeness (QED) is 0.384. The minimum atomic E-state index is -0.488. The number of nitrogens with zero attached hydrogens (tertiary/aromatic N) is 1. The van der Waals surface area contributed by atoms with Crippen molar-refractivity contribution in [2.75, 3.05) is 13.1 Å². The summed E-state index contributed by atoms with van der Waals surface area (Å²) in [5.41, 5.74) is 0.603. The summed E-state index contributed by atoms with van der Waals surface area (Å²) in [5.74, 6) is 0.418. The predicted octanol–water partition coefficient (Wildman–Crippen LogP) is 3.90. The molecule has 2 aromatic carbocycles. The Morgan fingerprint density at radius 1 is 1.19 bits per heavy atom. The highest BCUT2D eigenvalue weighted by atomic mass is 35.5. The number of nitro groups is 1. The van der Waals surface area contributed by atoms with Crippen LogP contribution in [-0.4, -0.2) is 23.9 Å². The van der Waals surface area contributed by atoms with Crippen molar-refractivity contribution in [2.45, 2.75) is 20.4 Å². The van der Waals surface area contributed by atoms with Crippen LogP contribution >= 0.6 is 11.6 Å². The van der Waals surface area contributed by atoms with E-state index in [1.807, 2.05) is 13.8 Å². The zero-order valence-corrected chi connectivity index (χ0v) is 16.0. The lowest BCUT2D eigenvalue weighted by Gasteiger charge is -2.10. The Bertz CT molecular complexity index is 811. The molecule has 0 spiro atoms. The second kappa shape index (κ2) is 9.89. The molecular weight excluding hydrogens is 370 g/mol. The Labute approximate surface area is 162 Å². The molecule has 2 aromatic rings. The van der Waals surface area contributed by atoms with Crippen molar-refractivity contribution in [1.82, 2.24) is 10.6 Å². The van der Waals surface area contributed by atoms with Crippen molar-refractivity contribution < 1.29 is 14.5 Å². The van der Waals surface area contributed by atoms with Crippen LogP contribution in [0.5, 0.6) is 11.5 Å². The molecule has 7 nitrogen and oxygen atoms in total. The number of hydrogen-bond donors (Lipinski definition) is 2. The van der Waals surface area contributed by atoms with Gasteiger partial charge < -0.3 is 15.4 Å². The topological polar surface area (TPSA) is 93.5 Å². The number of halogens is 1. The lowest BCUT2D eigenvalue weighted by atomic mass is 10.2. The molecule has 0 aliphatic heterocycles. The summed E-state index contributed by atoms with van der Waals surface area (Å²) in [6.45, 7) is 5.14. The first kappa shape index (κ1) is 20.7. The SMILES string of the molecule is CC(C)C(=O)NCCNCc1ccc(Oc2ccccc2Cl)c([N+](=O)[O-])c1. The number of nitrogens with one attached hydrogen (secondary N) is 2. The highest BCUT2D eigenvalue weighted by Crippen LogP contribution is 2.35. The van der Waals surface area contributed by atoms with E-state index in [4.69, 9.17) is 16.3 Å². The van der Waals surface area contributed by atoms with Crippen molar-refractivity contribution in [3.05, 3.63) is 63.2 Å². The van der Waals surface area contributed by atoms with Crippen LogP contribution in [0.15, 0.2) is 42.5 Å². The van der Waals surface area contributed by atoms with Gasteiger partial charge in [-0.1, -0.05) is 43.6 Å². The Kier molecular flexibility index (Phi) is 7.57. The molecule has 144 valence electrons. The molecule has 0 heterocycles. The van der Waals surface area contributed by atoms with Crippen LogP contribution in [0.2, 0.25) is 5.02 Å². The Hall–Kier alpha value is -2.64. The lowest BCUT2D eigenvalue weighted by Crippen LogP contribution is -2.34. The van der Waals surface area contributed by atoms with Gasteiger partial charge in [-0.2, -0.15) is 0 Å². The molecule has 0 atom stereocenters. The van der Waals surface area contributed by atoms with Crippen LogP contribution in [-0.2, 0) is 11.3 Å². The van der Waals surface area contributed by atoms with Gasteiger partial charge in [0, 0.05) is 31.6 Å². The number of para-hydroxylation sites is 1. The molecule has 1 amide bonds. The summed E-state index contributed by atoms with van der Waals surface area (Å²) < 4.78 is 5.61. The maximum absolute atomic E-state index is 11.5. The smallest absolute Gasteiger partial charge is 0.311 e. The van der Waals surface area contributed by atoms with E-state index in [1.54, 1.807) is 36.4 Å². The van der Waals surface area contributed by atoms with E-state index in [0.29, 0.717) is 30.4 Å². The number of hydrogen-bond acceptors (Lipinski definition) is 5. The zero-order valence-electron chi connectivity index (χ0n) is 15.2. The molecule has 27 heavy (non-hydrogen) atoms. The fourth-order valence-electron chi connectivity index (χ4n) is 2.26. The average molecular weight is 392 g/mol. The Balaban J connectivity index is 1.98. The minimum Gasteiger partial charge on any atom is -0.449 e. The first-order valence-corrected chi connectivity index (χ1v) is 8.94. The first-order chi connectivity index (χ1) is 12.9. The fourth-order valence-corrected chi connectivity index (χ4v) is 2.43. The third kappa shape index (κ3) is 6.23. The van der Waals surface area contributed by atoms with Crippen molar-refractivity contribution in [3.8, 4) is 11.5 Å². The molecule has 0 saturated heterocycles. The van der Waals surface area contributed by atoms with Crippen LogP contribution in [0.25, 0.3) is 0 Å². The molecule has 2 N–H and O–H groups in total. The summed E-state index contributed by atoms with van der Waals surface area (Å²) in [5, 5.41) is 17.7. The highest BCUT2D eigenvalue weighted by molar-refractivity contribution is 6.32. The number of ether oxygens (including phenoxy) is 1. The van der Waals surface area contributed by atoms with E-state index in [9.17, 15) is 14.9 Å². The molecule has 0 radical (unpaired) electrons.